The molecule has 0 N–H and O–H groups in total. The second-order valence-corrected chi connectivity index (χ2v) is 3.79. The fraction of sp³-hybridized carbons (Fsp3) is 0.500. The molecule has 0 aliphatic carbocycles. The van der Waals surface area contributed by atoms with Crippen LogP contribution in [0.15, 0.2) is 8.73 Å². The second kappa shape index (κ2) is 4.86. The maximum atomic E-state index is 5.61. The molecule has 0 saturated heterocycles. The molecule has 0 heterocycles. The van der Waals surface area contributed by atoms with Gasteiger partial charge in [-0.3, -0.25) is 0 Å². The molecule has 48 valence electrons. The summed E-state index contributed by atoms with van der Waals surface area (Å²) >= 11 is 14.1. The van der Waals surface area contributed by atoms with Crippen molar-refractivity contribution in [1.82, 2.24) is 0 Å². The highest BCUT2D eigenvalue weighted by molar-refractivity contribution is 8.08. The highest BCUT2D eigenvalue weighted by Gasteiger charge is 1.95. The van der Waals surface area contributed by atoms with Crippen LogP contribution in [0.4, 0.5) is 0 Å². The van der Waals surface area contributed by atoms with Crippen molar-refractivity contribution in [3.8, 4) is 0 Å². The molecule has 8 heavy (non-hydrogen) atoms. The van der Waals surface area contributed by atoms with Gasteiger partial charge >= 0.3 is 0 Å². The SMILES string of the molecule is CS/C(Cl)=C(/Cl)SC. The number of halogens is 2. The predicted molar refractivity (Wildman–Crippen MR) is 45.8 cm³/mol. The van der Waals surface area contributed by atoms with Crippen LogP contribution in [0.25, 0.3) is 0 Å². The van der Waals surface area contributed by atoms with Gasteiger partial charge in [-0.15, -0.1) is 23.5 Å². The van der Waals surface area contributed by atoms with Crippen LogP contribution < -0.4 is 0 Å². The van der Waals surface area contributed by atoms with Gasteiger partial charge in [0.25, 0.3) is 0 Å². The minimum atomic E-state index is 0.666. The van der Waals surface area contributed by atoms with Crippen LogP contribution in [0.2, 0.25) is 0 Å². The van der Waals surface area contributed by atoms with Crippen molar-refractivity contribution in [1.29, 1.82) is 0 Å². The quantitative estimate of drug-likeness (QED) is 0.653. The summed E-state index contributed by atoms with van der Waals surface area (Å²) in [6.07, 6.45) is 3.78. The van der Waals surface area contributed by atoms with Gasteiger partial charge < -0.3 is 0 Å². The molecule has 0 aliphatic heterocycles. The number of hydrogen-bond donors (Lipinski definition) is 0. The molecule has 0 aliphatic rings. The minimum Gasteiger partial charge on any atom is -0.115 e. The Morgan fingerprint density at radius 2 is 1.25 bits per heavy atom. The van der Waals surface area contributed by atoms with Crippen LogP contribution in [-0.4, -0.2) is 12.5 Å². The van der Waals surface area contributed by atoms with Crippen LogP contribution in [-0.2, 0) is 0 Å². The van der Waals surface area contributed by atoms with E-state index in [9.17, 15) is 0 Å². The summed E-state index contributed by atoms with van der Waals surface area (Å²) in [5, 5.41) is 0. The Morgan fingerprint density at radius 1 is 1.00 bits per heavy atom. The summed E-state index contributed by atoms with van der Waals surface area (Å²) in [4.78, 5) is 0. The molecule has 0 spiro atoms. The summed E-state index contributed by atoms with van der Waals surface area (Å²) < 4.78 is 1.33. The molecule has 0 aromatic heterocycles. The van der Waals surface area contributed by atoms with Gasteiger partial charge in [0, 0.05) is 0 Å². The zero-order valence-corrected chi connectivity index (χ0v) is 7.72. The van der Waals surface area contributed by atoms with Gasteiger partial charge in [-0.05, 0) is 12.5 Å². The Labute approximate surface area is 68.0 Å². The normalized spacial score (nSPS) is 13.5. The third-order valence-corrected chi connectivity index (χ3v) is 3.39. The molecule has 0 atom stereocenters. The highest BCUT2D eigenvalue weighted by atomic mass is 35.5. The Bertz CT molecular complexity index is 88.2. The van der Waals surface area contributed by atoms with Crippen LogP contribution in [0.3, 0.4) is 0 Å². The largest absolute Gasteiger partial charge is 0.115 e. The summed E-state index contributed by atoms with van der Waals surface area (Å²) in [5.41, 5.74) is 0. The summed E-state index contributed by atoms with van der Waals surface area (Å²) in [5.74, 6) is 0. The third kappa shape index (κ3) is 3.13. The Hall–Kier alpha value is 1.02. The van der Waals surface area contributed by atoms with Gasteiger partial charge in [0.05, 0.1) is 8.73 Å². The van der Waals surface area contributed by atoms with Gasteiger partial charge in [-0.1, -0.05) is 23.2 Å². The van der Waals surface area contributed by atoms with Crippen LogP contribution in [0, 0.1) is 0 Å². The van der Waals surface area contributed by atoms with E-state index in [1.54, 1.807) is 0 Å². The molecule has 0 rings (SSSR count). The molecule has 0 fully saturated rings. The van der Waals surface area contributed by atoms with Crippen molar-refractivity contribution < 1.29 is 0 Å². The first-order valence-corrected chi connectivity index (χ1v) is 5.06. The molecular weight excluding hydrogens is 183 g/mol. The van der Waals surface area contributed by atoms with Crippen molar-refractivity contribution in [2.75, 3.05) is 12.5 Å². The fourth-order valence-corrected chi connectivity index (χ4v) is 1.44. The van der Waals surface area contributed by atoms with Crippen LogP contribution in [0.1, 0.15) is 0 Å². The topological polar surface area (TPSA) is 0 Å². The van der Waals surface area contributed by atoms with Crippen molar-refractivity contribution >= 4 is 46.7 Å². The van der Waals surface area contributed by atoms with E-state index in [4.69, 9.17) is 23.2 Å². The van der Waals surface area contributed by atoms with E-state index in [1.165, 1.54) is 23.5 Å². The van der Waals surface area contributed by atoms with E-state index < -0.39 is 0 Å². The molecule has 0 saturated carbocycles. The van der Waals surface area contributed by atoms with Crippen LogP contribution >= 0.6 is 46.7 Å². The smallest absolute Gasteiger partial charge is 0.0983 e. The fourth-order valence-electron chi connectivity index (χ4n) is 0.160. The second-order valence-electron chi connectivity index (χ2n) is 0.956. The van der Waals surface area contributed by atoms with Crippen LogP contribution in [0.5, 0.6) is 0 Å². The molecule has 0 amide bonds. The van der Waals surface area contributed by atoms with Crippen molar-refractivity contribution in [3.05, 3.63) is 8.73 Å². The molecular formula is C4H6Cl2S2. The Kier molecular flexibility index (Phi) is 5.48. The van der Waals surface area contributed by atoms with E-state index in [-0.39, 0.29) is 0 Å². The maximum Gasteiger partial charge on any atom is 0.0983 e. The molecule has 0 bridgehead atoms. The molecule has 0 radical (unpaired) electrons. The monoisotopic (exact) mass is 188 g/mol. The van der Waals surface area contributed by atoms with Crippen molar-refractivity contribution in [2.45, 2.75) is 0 Å². The standard InChI is InChI=1S/C4H6Cl2S2/c1-7-3(5)4(6)8-2/h1-2H3/b4-3-. The van der Waals surface area contributed by atoms with E-state index in [1.807, 2.05) is 12.5 Å². The predicted octanol–water partition coefficient (Wildman–Crippen LogP) is 3.32. The van der Waals surface area contributed by atoms with E-state index >= 15 is 0 Å². The Morgan fingerprint density at radius 3 is 1.38 bits per heavy atom. The molecule has 0 aromatic rings. The first-order chi connectivity index (χ1) is 3.72. The zero-order valence-electron chi connectivity index (χ0n) is 4.57. The van der Waals surface area contributed by atoms with E-state index in [0.717, 1.165) is 0 Å². The molecule has 4 heteroatoms. The Balaban J connectivity index is 3.83. The van der Waals surface area contributed by atoms with Gasteiger partial charge in [-0.2, -0.15) is 0 Å². The maximum absolute atomic E-state index is 5.61. The van der Waals surface area contributed by atoms with Gasteiger partial charge in [0.15, 0.2) is 0 Å². The first kappa shape index (κ1) is 9.02. The van der Waals surface area contributed by atoms with E-state index in [2.05, 4.69) is 0 Å². The molecule has 0 nitrogen and oxygen atoms in total. The minimum absolute atomic E-state index is 0.666. The van der Waals surface area contributed by atoms with Gasteiger partial charge in [-0.25, -0.2) is 0 Å². The van der Waals surface area contributed by atoms with Crippen molar-refractivity contribution in [3.63, 3.8) is 0 Å². The molecule has 0 aromatic carbocycles. The van der Waals surface area contributed by atoms with E-state index in [0.29, 0.717) is 8.73 Å². The average molecular weight is 189 g/mol. The number of rotatable bonds is 2. The van der Waals surface area contributed by atoms with Gasteiger partial charge in [0.1, 0.15) is 0 Å². The molecule has 0 unspecified atom stereocenters. The summed E-state index contributed by atoms with van der Waals surface area (Å²) in [7, 11) is 0. The zero-order chi connectivity index (χ0) is 6.57. The number of thioether (sulfide) groups is 2. The highest BCUT2D eigenvalue weighted by Crippen LogP contribution is 2.30. The average Bonchev–Trinajstić information content (AvgIpc) is 1.84. The third-order valence-electron chi connectivity index (χ3n) is 0.513. The lowest BCUT2D eigenvalue weighted by Crippen LogP contribution is -1.62. The first-order valence-electron chi connectivity index (χ1n) is 1.85. The summed E-state index contributed by atoms with van der Waals surface area (Å²) in [6, 6.07) is 0. The van der Waals surface area contributed by atoms with Crippen molar-refractivity contribution in [2.24, 2.45) is 0 Å². The lowest BCUT2D eigenvalue weighted by molar-refractivity contribution is 2.24. The number of hydrogen-bond acceptors (Lipinski definition) is 2. The lowest BCUT2D eigenvalue weighted by Gasteiger charge is -1.92. The summed E-state index contributed by atoms with van der Waals surface area (Å²) in [6.45, 7) is 0. The van der Waals surface area contributed by atoms with Gasteiger partial charge in [0.2, 0.25) is 0 Å². The lowest BCUT2D eigenvalue weighted by atomic mass is 11.2.